The third-order valence-corrected chi connectivity index (χ3v) is 5.12. The Labute approximate surface area is 132 Å². The van der Waals surface area contributed by atoms with E-state index in [0.717, 1.165) is 24.3 Å². The van der Waals surface area contributed by atoms with Crippen LogP contribution < -0.4 is 0 Å². The molecule has 0 bridgehead atoms. The SMILES string of the molecule is Cc1nc(CC(=O)c2cc(Br)ccc2I)sc1C. The Hall–Kier alpha value is -0.270. The summed E-state index contributed by atoms with van der Waals surface area (Å²) in [6, 6.07) is 5.75. The predicted octanol–water partition coefficient (Wildman–Crippen LogP) is 4.55. The molecular formula is C13H11BrINOS. The molecule has 0 saturated heterocycles. The summed E-state index contributed by atoms with van der Waals surface area (Å²) in [6.45, 7) is 4.01. The van der Waals surface area contributed by atoms with Gasteiger partial charge in [-0.3, -0.25) is 4.79 Å². The molecule has 18 heavy (non-hydrogen) atoms. The molecule has 0 radical (unpaired) electrons. The maximum absolute atomic E-state index is 12.2. The minimum absolute atomic E-state index is 0.120. The number of carbonyl (C=O) groups is 1. The van der Waals surface area contributed by atoms with Crippen LogP contribution in [0.25, 0.3) is 0 Å². The van der Waals surface area contributed by atoms with E-state index in [1.165, 1.54) is 4.88 Å². The van der Waals surface area contributed by atoms with Crippen LogP contribution >= 0.6 is 49.9 Å². The number of Topliss-reactive ketones (excluding diaryl/α,β-unsaturated/α-hetero) is 1. The Morgan fingerprint density at radius 1 is 1.44 bits per heavy atom. The van der Waals surface area contributed by atoms with Crippen LogP contribution in [-0.4, -0.2) is 10.8 Å². The van der Waals surface area contributed by atoms with Crippen LogP contribution in [0.2, 0.25) is 0 Å². The van der Waals surface area contributed by atoms with Crippen molar-refractivity contribution in [2.75, 3.05) is 0 Å². The van der Waals surface area contributed by atoms with Gasteiger partial charge in [0.05, 0.1) is 12.1 Å². The number of carbonyl (C=O) groups excluding carboxylic acids is 1. The fourth-order valence-corrected chi connectivity index (χ4v) is 3.49. The Morgan fingerprint density at radius 3 is 2.78 bits per heavy atom. The fourth-order valence-electron chi connectivity index (χ4n) is 1.56. The Bertz CT molecular complexity index is 590. The summed E-state index contributed by atoms with van der Waals surface area (Å²) in [7, 11) is 0. The molecule has 0 N–H and O–H groups in total. The van der Waals surface area contributed by atoms with Crippen molar-refractivity contribution < 1.29 is 4.79 Å². The lowest BCUT2D eigenvalue weighted by Crippen LogP contribution is -2.05. The maximum Gasteiger partial charge on any atom is 0.170 e. The van der Waals surface area contributed by atoms with Crippen molar-refractivity contribution in [3.05, 3.63) is 47.4 Å². The van der Waals surface area contributed by atoms with E-state index in [1.807, 2.05) is 32.0 Å². The van der Waals surface area contributed by atoms with Crippen molar-refractivity contribution in [3.63, 3.8) is 0 Å². The number of aryl methyl sites for hydroxylation is 2. The number of aromatic nitrogens is 1. The highest BCUT2D eigenvalue weighted by atomic mass is 127. The third-order valence-electron chi connectivity index (χ3n) is 2.61. The van der Waals surface area contributed by atoms with Gasteiger partial charge in [-0.2, -0.15) is 0 Å². The van der Waals surface area contributed by atoms with Crippen LogP contribution in [0, 0.1) is 17.4 Å². The van der Waals surface area contributed by atoms with Gasteiger partial charge in [-0.05, 0) is 54.6 Å². The smallest absolute Gasteiger partial charge is 0.170 e. The van der Waals surface area contributed by atoms with Crippen LogP contribution in [0.15, 0.2) is 22.7 Å². The minimum Gasteiger partial charge on any atom is -0.294 e. The number of hydrogen-bond acceptors (Lipinski definition) is 3. The van der Waals surface area contributed by atoms with Crippen LogP contribution in [0.5, 0.6) is 0 Å². The monoisotopic (exact) mass is 435 g/mol. The van der Waals surface area contributed by atoms with Gasteiger partial charge in [0.2, 0.25) is 0 Å². The van der Waals surface area contributed by atoms with Gasteiger partial charge in [0.25, 0.3) is 0 Å². The topological polar surface area (TPSA) is 30.0 Å². The van der Waals surface area contributed by atoms with E-state index in [4.69, 9.17) is 0 Å². The predicted molar refractivity (Wildman–Crippen MR) is 86.5 cm³/mol. The van der Waals surface area contributed by atoms with Gasteiger partial charge in [0, 0.05) is 18.5 Å². The van der Waals surface area contributed by atoms with Gasteiger partial charge in [0.1, 0.15) is 5.01 Å². The average Bonchev–Trinajstić information content (AvgIpc) is 2.61. The van der Waals surface area contributed by atoms with Gasteiger partial charge in [0.15, 0.2) is 5.78 Å². The fraction of sp³-hybridized carbons (Fsp3) is 0.231. The van der Waals surface area contributed by atoms with Gasteiger partial charge in [-0.1, -0.05) is 15.9 Å². The van der Waals surface area contributed by atoms with Crippen LogP contribution in [0.1, 0.15) is 25.9 Å². The van der Waals surface area contributed by atoms with Crippen molar-refractivity contribution in [1.29, 1.82) is 0 Å². The normalized spacial score (nSPS) is 10.7. The Morgan fingerprint density at radius 2 is 2.17 bits per heavy atom. The lowest BCUT2D eigenvalue weighted by Gasteiger charge is -2.03. The molecule has 0 amide bonds. The average molecular weight is 436 g/mol. The molecule has 94 valence electrons. The molecule has 1 aromatic heterocycles. The Kier molecular flexibility index (Phi) is 4.55. The van der Waals surface area contributed by atoms with E-state index in [1.54, 1.807) is 11.3 Å². The number of halogens is 2. The van der Waals surface area contributed by atoms with E-state index in [2.05, 4.69) is 43.5 Å². The largest absolute Gasteiger partial charge is 0.294 e. The van der Waals surface area contributed by atoms with Gasteiger partial charge in [-0.25, -0.2) is 4.98 Å². The lowest BCUT2D eigenvalue weighted by atomic mass is 10.1. The van der Waals surface area contributed by atoms with Gasteiger partial charge < -0.3 is 0 Å². The zero-order valence-corrected chi connectivity index (χ0v) is 14.5. The molecule has 0 aliphatic carbocycles. The number of thiazole rings is 1. The molecule has 2 nitrogen and oxygen atoms in total. The molecule has 5 heteroatoms. The molecular weight excluding hydrogens is 425 g/mol. The first-order chi connectivity index (χ1) is 8.47. The zero-order valence-electron chi connectivity index (χ0n) is 9.96. The highest BCUT2D eigenvalue weighted by Crippen LogP contribution is 2.22. The molecule has 2 aromatic rings. The van der Waals surface area contributed by atoms with Crippen LogP contribution in [0.4, 0.5) is 0 Å². The maximum atomic E-state index is 12.2. The molecule has 0 atom stereocenters. The molecule has 2 rings (SSSR count). The highest BCUT2D eigenvalue weighted by Gasteiger charge is 2.14. The number of rotatable bonds is 3. The van der Waals surface area contributed by atoms with Crippen molar-refractivity contribution in [2.45, 2.75) is 20.3 Å². The summed E-state index contributed by atoms with van der Waals surface area (Å²) in [5.41, 5.74) is 1.78. The van der Waals surface area contributed by atoms with E-state index in [-0.39, 0.29) is 5.78 Å². The molecule has 0 aliphatic heterocycles. The minimum atomic E-state index is 0.120. The second-order valence-electron chi connectivity index (χ2n) is 3.97. The molecule has 1 aromatic carbocycles. The zero-order chi connectivity index (χ0) is 13.3. The molecule has 0 spiro atoms. The first kappa shape index (κ1) is 14.1. The standard InChI is InChI=1S/C13H11BrINOS/c1-7-8(2)18-13(16-7)6-12(17)10-5-9(14)3-4-11(10)15/h3-5H,6H2,1-2H3. The van der Waals surface area contributed by atoms with Crippen molar-refractivity contribution in [2.24, 2.45) is 0 Å². The highest BCUT2D eigenvalue weighted by molar-refractivity contribution is 14.1. The van der Waals surface area contributed by atoms with Crippen molar-refractivity contribution in [1.82, 2.24) is 4.98 Å². The van der Waals surface area contributed by atoms with E-state index < -0.39 is 0 Å². The molecule has 1 heterocycles. The number of ketones is 1. The first-order valence-electron chi connectivity index (χ1n) is 5.38. The first-order valence-corrected chi connectivity index (χ1v) is 8.07. The summed E-state index contributed by atoms with van der Waals surface area (Å²) in [6.07, 6.45) is 0.381. The van der Waals surface area contributed by atoms with E-state index in [0.29, 0.717) is 6.42 Å². The quantitative estimate of drug-likeness (QED) is 0.522. The third kappa shape index (κ3) is 3.19. The molecule has 0 saturated carbocycles. The number of hydrogen-bond donors (Lipinski definition) is 0. The Balaban J connectivity index is 2.24. The van der Waals surface area contributed by atoms with E-state index in [9.17, 15) is 4.79 Å². The second-order valence-corrected chi connectivity index (χ2v) is 7.34. The number of nitrogens with zero attached hydrogens (tertiary/aromatic N) is 1. The lowest BCUT2D eigenvalue weighted by molar-refractivity contribution is 0.0992. The summed E-state index contributed by atoms with van der Waals surface area (Å²) in [5.74, 6) is 0.120. The van der Waals surface area contributed by atoms with Crippen LogP contribution in [0.3, 0.4) is 0 Å². The summed E-state index contributed by atoms with van der Waals surface area (Å²) < 4.78 is 1.91. The summed E-state index contributed by atoms with van der Waals surface area (Å²) in [4.78, 5) is 17.8. The van der Waals surface area contributed by atoms with Gasteiger partial charge in [-0.15, -0.1) is 11.3 Å². The molecule has 0 aliphatic rings. The van der Waals surface area contributed by atoms with Crippen molar-refractivity contribution in [3.8, 4) is 0 Å². The van der Waals surface area contributed by atoms with E-state index >= 15 is 0 Å². The summed E-state index contributed by atoms with van der Waals surface area (Å²) >= 11 is 7.19. The van der Waals surface area contributed by atoms with Gasteiger partial charge >= 0.3 is 0 Å². The second kappa shape index (κ2) is 5.79. The molecule has 0 fully saturated rings. The summed E-state index contributed by atoms with van der Waals surface area (Å²) in [5, 5.41) is 0.894. The van der Waals surface area contributed by atoms with Crippen LogP contribution in [-0.2, 0) is 6.42 Å². The molecule has 0 unspecified atom stereocenters. The van der Waals surface area contributed by atoms with Crippen molar-refractivity contribution >= 4 is 55.6 Å². The number of benzene rings is 1.